The van der Waals surface area contributed by atoms with Crippen LogP contribution < -0.4 is 15.8 Å². The molecule has 5 heteroatoms. The Bertz CT molecular complexity index is 432. The number of amides is 2. The maximum atomic E-state index is 11.8. The van der Waals surface area contributed by atoms with Crippen molar-refractivity contribution in [2.45, 2.75) is 26.3 Å². The predicted molar refractivity (Wildman–Crippen MR) is 68.4 cm³/mol. The Morgan fingerprint density at radius 2 is 2.17 bits per heavy atom. The molecule has 0 spiro atoms. The summed E-state index contributed by atoms with van der Waals surface area (Å²) in [5.41, 5.74) is 5.48. The van der Waals surface area contributed by atoms with Crippen LogP contribution in [-0.4, -0.2) is 24.5 Å². The molecule has 0 fully saturated rings. The van der Waals surface area contributed by atoms with Crippen molar-refractivity contribution in [2.24, 2.45) is 5.73 Å². The number of hydrogen-bond acceptors (Lipinski definition) is 3. The first-order chi connectivity index (χ1) is 8.52. The first kappa shape index (κ1) is 14.0. The third-order valence-electron chi connectivity index (χ3n) is 2.47. The fourth-order valence-corrected chi connectivity index (χ4v) is 1.29. The highest BCUT2D eigenvalue weighted by Crippen LogP contribution is 2.13. The van der Waals surface area contributed by atoms with Crippen LogP contribution in [0.15, 0.2) is 24.3 Å². The van der Waals surface area contributed by atoms with Gasteiger partial charge in [0.05, 0.1) is 0 Å². The number of rotatable bonds is 6. The minimum absolute atomic E-state index is 0.118. The molecule has 5 nitrogen and oxygen atoms in total. The Balaban J connectivity index is 2.69. The largest absolute Gasteiger partial charge is 0.484 e. The summed E-state index contributed by atoms with van der Waals surface area (Å²) >= 11 is 0. The van der Waals surface area contributed by atoms with Crippen LogP contribution in [0.2, 0.25) is 0 Å². The Kier molecular flexibility index (Phi) is 5.17. The van der Waals surface area contributed by atoms with Gasteiger partial charge >= 0.3 is 0 Å². The molecular weight excluding hydrogens is 232 g/mol. The first-order valence-electron chi connectivity index (χ1n) is 5.85. The summed E-state index contributed by atoms with van der Waals surface area (Å²) in [6.07, 6.45) is 0.865. The van der Waals surface area contributed by atoms with E-state index in [0.29, 0.717) is 11.3 Å². The van der Waals surface area contributed by atoms with Gasteiger partial charge in [-0.1, -0.05) is 13.0 Å². The van der Waals surface area contributed by atoms with Crippen molar-refractivity contribution < 1.29 is 14.3 Å². The Hall–Kier alpha value is -2.04. The molecule has 0 aliphatic carbocycles. The van der Waals surface area contributed by atoms with Crippen molar-refractivity contribution in [2.75, 3.05) is 6.61 Å². The van der Waals surface area contributed by atoms with Crippen LogP contribution >= 0.6 is 0 Å². The lowest BCUT2D eigenvalue weighted by molar-refractivity contribution is -0.119. The first-order valence-corrected chi connectivity index (χ1v) is 5.85. The molecule has 0 aliphatic rings. The van der Waals surface area contributed by atoms with Gasteiger partial charge in [-0.25, -0.2) is 0 Å². The standard InChI is InChI=1S/C13H18N2O3/c1-3-9(2)15-13(17)10-5-4-6-11(7-10)18-8-12(14)16/h4-7,9H,3,8H2,1-2H3,(H2,14,16)(H,15,17). The molecule has 0 aromatic heterocycles. The Labute approximate surface area is 106 Å². The van der Waals surface area contributed by atoms with E-state index in [0.717, 1.165) is 6.42 Å². The lowest BCUT2D eigenvalue weighted by Gasteiger charge is -2.12. The van der Waals surface area contributed by atoms with Crippen LogP contribution in [-0.2, 0) is 4.79 Å². The fraction of sp³-hybridized carbons (Fsp3) is 0.385. The van der Waals surface area contributed by atoms with E-state index >= 15 is 0 Å². The minimum Gasteiger partial charge on any atom is -0.484 e. The molecule has 1 aromatic rings. The number of ether oxygens (including phenoxy) is 1. The van der Waals surface area contributed by atoms with Gasteiger partial charge in [0.15, 0.2) is 6.61 Å². The molecule has 0 bridgehead atoms. The summed E-state index contributed by atoms with van der Waals surface area (Å²) in [6.45, 7) is 3.74. The van der Waals surface area contributed by atoms with Crippen LogP contribution in [0, 0.1) is 0 Å². The molecule has 0 saturated carbocycles. The van der Waals surface area contributed by atoms with Crippen LogP contribution in [0.25, 0.3) is 0 Å². The van der Waals surface area contributed by atoms with Crippen molar-refractivity contribution in [1.82, 2.24) is 5.32 Å². The highest BCUT2D eigenvalue weighted by Gasteiger charge is 2.09. The maximum absolute atomic E-state index is 11.8. The summed E-state index contributed by atoms with van der Waals surface area (Å²) in [6, 6.07) is 6.76. The van der Waals surface area contributed by atoms with Crippen molar-refractivity contribution in [3.8, 4) is 5.75 Å². The number of hydrogen-bond donors (Lipinski definition) is 2. The predicted octanol–water partition coefficient (Wildman–Crippen LogP) is 1.08. The SMILES string of the molecule is CCC(C)NC(=O)c1cccc(OCC(N)=O)c1. The zero-order chi connectivity index (χ0) is 13.5. The molecule has 1 unspecified atom stereocenters. The molecule has 0 saturated heterocycles. The van der Waals surface area contributed by atoms with Gasteiger partial charge in [-0.15, -0.1) is 0 Å². The zero-order valence-electron chi connectivity index (χ0n) is 10.6. The maximum Gasteiger partial charge on any atom is 0.255 e. The van der Waals surface area contributed by atoms with E-state index in [4.69, 9.17) is 10.5 Å². The number of benzene rings is 1. The van der Waals surface area contributed by atoms with E-state index in [1.54, 1.807) is 24.3 Å². The minimum atomic E-state index is -0.551. The average molecular weight is 250 g/mol. The summed E-state index contributed by atoms with van der Waals surface area (Å²) in [5.74, 6) is -0.260. The van der Waals surface area contributed by atoms with Gasteiger partial charge in [-0.2, -0.15) is 0 Å². The molecular formula is C13H18N2O3. The molecule has 1 aromatic carbocycles. The summed E-state index contributed by atoms with van der Waals surface area (Å²) < 4.78 is 5.14. The van der Waals surface area contributed by atoms with Crippen LogP contribution in [0.4, 0.5) is 0 Å². The van der Waals surface area contributed by atoms with Gasteiger partial charge < -0.3 is 15.8 Å². The third kappa shape index (κ3) is 4.45. The van der Waals surface area contributed by atoms with Gasteiger partial charge in [0, 0.05) is 11.6 Å². The van der Waals surface area contributed by atoms with Crippen molar-refractivity contribution in [3.05, 3.63) is 29.8 Å². The second-order valence-corrected chi connectivity index (χ2v) is 4.07. The van der Waals surface area contributed by atoms with E-state index < -0.39 is 5.91 Å². The van der Waals surface area contributed by atoms with Crippen molar-refractivity contribution >= 4 is 11.8 Å². The molecule has 18 heavy (non-hydrogen) atoms. The monoisotopic (exact) mass is 250 g/mol. The van der Waals surface area contributed by atoms with Gasteiger partial charge in [0.1, 0.15) is 5.75 Å². The molecule has 1 rings (SSSR count). The number of nitrogens with one attached hydrogen (secondary N) is 1. The van der Waals surface area contributed by atoms with E-state index in [9.17, 15) is 9.59 Å². The van der Waals surface area contributed by atoms with Gasteiger partial charge in [0.25, 0.3) is 11.8 Å². The van der Waals surface area contributed by atoms with E-state index in [-0.39, 0.29) is 18.6 Å². The van der Waals surface area contributed by atoms with E-state index in [1.165, 1.54) is 0 Å². The quantitative estimate of drug-likeness (QED) is 0.792. The zero-order valence-corrected chi connectivity index (χ0v) is 10.6. The molecule has 2 amide bonds. The second-order valence-electron chi connectivity index (χ2n) is 4.07. The number of nitrogens with two attached hydrogens (primary N) is 1. The molecule has 0 radical (unpaired) electrons. The summed E-state index contributed by atoms with van der Waals surface area (Å²) in [7, 11) is 0. The highest BCUT2D eigenvalue weighted by molar-refractivity contribution is 5.94. The number of carbonyl (C=O) groups is 2. The van der Waals surface area contributed by atoms with Gasteiger partial charge in [0.2, 0.25) is 0 Å². The normalized spacial score (nSPS) is 11.7. The summed E-state index contributed by atoms with van der Waals surface area (Å²) in [4.78, 5) is 22.4. The number of primary amides is 1. The second kappa shape index (κ2) is 6.64. The van der Waals surface area contributed by atoms with Crippen molar-refractivity contribution in [3.63, 3.8) is 0 Å². The van der Waals surface area contributed by atoms with Crippen molar-refractivity contribution in [1.29, 1.82) is 0 Å². The Morgan fingerprint density at radius 3 is 2.78 bits per heavy atom. The molecule has 0 aliphatic heterocycles. The van der Waals surface area contributed by atoms with Crippen LogP contribution in [0.5, 0.6) is 5.75 Å². The number of carbonyl (C=O) groups excluding carboxylic acids is 2. The van der Waals surface area contributed by atoms with Gasteiger partial charge in [-0.05, 0) is 31.5 Å². The molecule has 3 N–H and O–H groups in total. The molecule has 0 heterocycles. The summed E-state index contributed by atoms with van der Waals surface area (Å²) in [5, 5.41) is 2.85. The van der Waals surface area contributed by atoms with Crippen LogP contribution in [0.3, 0.4) is 0 Å². The fourth-order valence-electron chi connectivity index (χ4n) is 1.29. The van der Waals surface area contributed by atoms with Gasteiger partial charge in [-0.3, -0.25) is 9.59 Å². The third-order valence-corrected chi connectivity index (χ3v) is 2.47. The highest BCUT2D eigenvalue weighted by atomic mass is 16.5. The Morgan fingerprint density at radius 1 is 1.44 bits per heavy atom. The average Bonchev–Trinajstić information content (AvgIpc) is 2.36. The molecule has 98 valence electrons. The van der Waals surface area contributed by atoms with E-state index in [2.05, 4.69) is 5.32 Å². The topological polar surface area (TPSA) is 81.4 Å². The smallest absolute Gasteiger partial charge is 0.255 e. The molecule has 1 atom stereocenters. The lowest BCUT2D eigenvalue weighted by Crippen LogP contribution is -2.31. The van der Waals surface area contributed by atoms with E-state index in [1.807, 2.05) is 13.8 Å². The van der Waals surface area contributed by atoms with Crippen LogP contribution in [0.1, 0.15) is 30.6 Å². The lowest BCUT2D eigenvalue weighted by atomic mass is 10.2.